The van der Waals surface area contributed by atoms with Gasteiger partial charge in [-0.3, -0.25) is 0 Å². The first kappa shape index (κ1) is 14.8. The predicted octanol–water partition coefficient (Wildman–Crippen LogP) is 4.09. The number of hydrogen-bond acceptors (Lipinski definition) is 4. The number of fused-ring (bicyclic) bond motifs is 1. The number of pyridine rings is 1. The molecule has 8 heteroatoms. The van der Waals surface area contributed by atoms with Crippen LogP contribution < -0.4 is 14.8 Å². The molecule has 1 aliphatic heterocycles. The molecule has 2 heterocycles. The van der Waals surface area contributed by atoms with E-state index in [9.17, 15) is 13.2 Å². The summed E-state index contributed by atoms with van der Waals surface area (Å²) < 4.78 is 48.0. The number of aromatic nitrogens is 1. The van der Waals surface area contributed by atoms with E-state index in [1.165, 1.54) is 0 Å². The van der Waals surface area contributed by atoms with E-state index >= 15 is 0 Å². The Morgan fingerprint density at radius 1 is 1.18 bits per heavy atom. The highest BCUT2D eigenvalue weighted by atomic mass is 35.5. The van der Waals surface area contributed by atoms with Gasteiger partial charge in [-0.1, -0.05) is 17.7 Å². The van der Waals surface area contributed by atoms with Gasteiger partial charge in [0.15, 0.2) is 11.5 Å². The van der Waals surface area contributed by atoms with Gasteiger partial charge in [0.2, 0.25) is 6.79 Å². The van der Waals surface area contributed by atoms with E-state index in [1.807, 2.05) is 6.07 Å². The number of nitrogens with zero attached hydrogens (tertiary/aromatic N) is 1. The maximum absolute atomic E-state index is 12.5. The van der Waals surface area contributed by atoms with Crippen molar-refractivity contribution in [2.75, 3.05) is 12.1 Å². The normalized spacial score (nSPS) is 13.3. The lowest BCUT2D eigenvalue weighted by molar-refractivity contribution is -0.137. The molecule has 22 heavy (non-hydrogen) atoms. The van der Waals surface area contributed by atoms with Crippen molar-refractivity contribution in [1.82, 2.24) is 4.98 Å². The van der Waals surface area contributed by atoms with E-state index < -0.39 is 11.7 Å². The van der Waals surface area contributed by atoms with Crippen LogP contribution in [-0.4, -0.2) is 11.8 Å². The lowest BCUT2D eigenvalue weighted by Gasteiger charge is -2.11. The Morgan fingerprint density at radius 3 is 2.68 bits per heavy atom. The first-order valence-electron chi connectivity index (χ1n) is 6.28. The monoisotopic (exact) mass is 330 g/mol. The summed E-state index contributed by atoms with van der Waals surface area (Å²) in [5.74, 6) is 1.48. The third kappa shape index (κ3) is 3.04. The molecule has 1 aromatic carbocycles. The molecular formula is C14H10ClF3N2O2. The van der Waals surface area contributed by atoms with Crippen LogP contribution in [0, 0.1) is 0 Å². The molecule has 4 nitrogen and oxygen atoms in total. The van der Waals surface area contributed by atoms with Gasteiger partial charge < -0.3 is 14.8 Å². The highest BCUT2D eigenvalue weighted by Crippen LogP contribution is 2.34. The second-order valence-electron chi connectivity index (χ2n) is 4.59. The highest BCUT2D eigenvalue weighted by Gasteiger charge is 2.31. The molecule has 0 unspecified atom stereocenters. The second-order valence-corrected chi connectivity index (χ2v) is 5.00. The first-order valence-corrected chi connectivity index (χ1v) is 6.66. The molecule has 3 rings (SSSR count). The van der Waals surface area contributed by atoms with Crippen LogP contribution in [0.5, 0.6) is 11.5 Å². The Hall–Kier alpha value is -2.15. The van der Waals surface area contributed by atoms with Crippen LogP contribution in [-0.2, 0) is 12.7 Å². The Bertz CT molecular complexity index is 707. The molecule has 0 amide bonds. The molecular weight excluding hydrogens is 321 g/mol. The Labute approximate surface area is 128 Å². The van der Waals surface area contributed by atoms with E-state index in [4.69, 9.17) is 21.1 Å². The lowest BCUT2D eigenvalue weighted by atomic mass is 10.2. The Kier molecular flexibility index (Phi) is 3.74. The largest absolute Gasteiger partial charge is 0.454 e. The highest BCUT2D eigenvalue weighted by molar-refractivity contribution is 6.32. The van der Waals surface area contributed by atoms with Crippen molar-refractivity contribution in [1.29, 1.82) is 0 Å². The third-order valence-electron chi connectivity index (χ3n) is 3.07. The fourth-order valence-corrected chi connectivity index (χ4v) is 2.19. The summed E-state index contributed by atoms with van der Waals surface area (Å²) in [6.07, 6.45) is -3.72. The van der Waals surface area contributed by atoms with E-state index in [-0.39, 0.29) is 17.6 Å². The molecule has 1 aliphatic rings. The fraction of sp³-hybridized carbons (Fsp3) is 0.214. The van der Waals surface area contributed by atoms with Gasteiger partial charge in [-0.15, -0.1) is 0 Å². The molecule has 0 saturated heterocycles. The molecule has 0 aliphatic carbocycles. The molecule has 0 bridgehead atoms. The minimum Gasteiger partial charge on any atom is -0.454 e. The number of nitrogens with one attached hydrogen (secondary N) is 1. The number of anilines is 1. The summed E-state index contributed by atoms with van der Waals surface area (Å²) in [6, 6.07) is 6.21. The summed E-state index contributed by atoms with van der Waals surface area (Å²) >= 11 is 5.83. The molecule has 1 aromatic heterocycles. The summed E-state index contributed by atoms with van der Waals surface area (Å²) in [6.45, 7) is 0.521. The summed E-state index contributed by atoms with van der Waals surface area (Å²) in [5, 5.41) is 2.80. The van der Waals surface area contributed by atoms with Crippen LogP contribution >= 0.6 is 11.6 Å². The number of alkyl halides is 3. The van der Waals surface area contributed by atoms with Gasteiger partial charge in [0.05, 0.1) is 10.6 Å². The predicted molar refractivity (Wildman–Crippen MR) is 74.1 cm³/mol. The molecule has 0 atom stereocenters. The van der Waals surface area contributed by atoms with E-state index in [1.54, 1.807) is 12.1 Å². The van der Waals surface area contributed by atoms with Crippen molar-refractivity contribution in [2.45, 2.75) is 12.7 Å². The Balaban J connectivity index is 1.71. The number of rotatable bonds is 3. The average Bonchev–Trinajstić information content (AvgIpc) is 2.92. The summed E-state index contributed by atoms with van der Waals surface area (Å²) in [4.78, 5) is 3.71. The van der Waals surface area contributed by atoms with Gasteiger partial charge in [-0.2, -0.15) is 13.2 Å². The minimum atomic E-state index is -4.47. The number of hydrogen-bond donors (Lipinski definition) is 1. The van der Waals surface area contributed by atoms with Crippen LogP contribution in [0.4, 0.5) is 19.0 Å². The van der Waals surface area contributed by atoms with Crippen molar-refractivity contribution >= 4 is 17.4 Å². The van der Waals surface area contributed by atoms with Gasteiger partial charge in [-0.05, 0) is 23.8 Å². The van der Waals surface area contributed by atoms with Crippen LogP contribution in [0.2, 0.25) is 5.02 Å². The summed E-state index contributed by atoms with van der Waals surface area (Å²) in [5.41, 5.74) is -0.0202. The minimum absolute atomic E-state index is 0.0874. The van der Waals surface area contributed by atoms with Gasteiger partial charge in [0.25, 0.3) is 0 Å². The summed E-state index contributed by atoms with van der Waals surface area (Å²) in [7, 11) is 0. The molecule has 0 radical (unpaired) electrons. The first-order chi connectivity index (χ1) is 10.4. The molecule has 0 fully saturated rings. The van der Waals surface area contributed by atoms with Crippen LogP contribution in [0.1, 0.15) is 11.1 Å². The maximum Gasteiger partial charge on any atom is 0.417 e. The van der Waals surface area contributed by atoms with Crippen LogP contribution in [0.3, 0.4) is 0 Å². The zero-order valence-corrected chi connectivity index (χ0v) is 11.8. The molecule has 1 N–H and O–H groups in total. The van der Waals surface area contributed by atoms with Gasteiger partial charge in [0.1, 0.15) is 5.82 Å². The smallest absolute Gasteiger partial charge is 0.417 e. The molecule has 0 saturated carbocycles. The van der Waals surface area contributed by atoms with Crippen LogP contribution in [0.25, 0.3) is 0 Å². The van der Waals surface area contributed by atoms with E-state index in [0.717, 1.165) is 17.8 Å². The topological polar surface area (TPSA) is 43.4 Å². The third-order valence-corrected chi connectivity index (χ3v) is 3.35. The van der Waals surface area contributed by atoms with Crippen molar-refractivity contribution < 1.29 is 22.6 Å². The number of benzene rings is 1. The SMILES string of the molecule is FC(F)(F)c1cnc(NCc2ccc3c(c2)OCO3)c(Cl)c1. The van der Waals surface area contributed by atoms with Gasteiger partial charge in [0, 0.05) is 12.7 Å². The zero-order valence-electron chi connectivity index (χ0n) is 11.1. The maximum atomic E-state index is 12.5. The van der Waals surface area contributed by atoms with Crippen molar-refractivity contribution in [3.8, 4) is 11.5 Å². The number of ether oxygens (including phenoxy) is 2. The van der Waals surface area contributed by atoms with Crippen molar-refractivity contribution in [3.05, 3.63) is 46.6 Å². The molecule has 2 aromatic rings. The van der Waals surface area contributed by atoms with Crippen LogP contribution in [0.15, 0.2) is 30.5 Å². The second kappa shape index (κ2) is 5.57. The standard InChI is InChI=1S/C14H10ClF3N2O2/c15-10-4-9(14(16,17)18)6-20-13(10)19-5-8-1-2-11-12(3-8)22-7-21-11/h1-4,6H,5,7H2,(H,19,20). The van der Waals surface area contributed by atoms with Gasteiger partial charge in [-0.25, -0.2) is 4.98 Å². The van der Waals surface area contributed by atoms with E-state index in [0.29, 0.717) is 18.0 Å². The van der Waals surface area contributed by atoms with Crippen molar-refractivity contribution in [2.24, 2.45) is 0 Å². The van der Waals surface area contributed by atoms with Crippen molar-refractivity contribution in [3.63, 3.8) is 0 Å². The zero-order chi connectivity index (χ0) is 15.7. The molecule has 0 spiro atoms. The quantitative estimate of drug-likeness (QED) is 0.920. The lowest BCUT2D eigenvalue weighted by Crippen LogP contribution is -2.08. The average molecular weight is 331 g/mol. The number of halogens is 4. The van der Waals surface area contributed by atoms with E-state index in [2.05, 4.69) is 10.3 Å². The Morgan fingerprint density at radius 2 is 1.95 bits per heavy atom. The fourth-order valence-electron chi connectivity index (χ4n) is 1.96. The molecule has 116 valence electrons. The van der Waals surface area contributed by atoms with Gasteiger partial charge >= 0.3 is 6.18 Å².